The number of anilines is 1. The summed E-state index contributed by atoms with van der Waals surface area (Å²) < 4.78 is 2.59. The predicted molar refractivity (Wildman–Crippen MR) is 125 cm³/mol. The first-order valence-corrected chi connectivity index (χ1v) is 10.9. The van der Waals surface area contributed by atoms with E-state index in [1.807, 2.05) is 29.2 Å². The molecule has 0 radical (unpaired) electrons. The van der Waals surface area contributed by atoms with Crippen LogP contribution in [0, 0.1) is 11.3 Å². The molecule has 1 atom stereocenters. The average molecular weight is 444 g/mol. The lowest BCUT2D eigenvalue weighted by Crippen LogP contribution is -2.50. The van der Waals surface area contributed by atoms with Crippen LogP contribution < -0.4 is 21.5 Å². The number of piperidine rings is 1. The Morgan fingerprint density at radius 2 is 1.85 bits per heavy atom. The highest BCUT2D eigenvalue weighted by atomic mass is 16.2. The maximum atomic E-state index is 13.0. The van der Waals surface area contributed by atoms with Gasteiger partial charge >= 0.3 is 5.69 Å². The minimum atomic E-state index is -0.444. The van der Waals surface area contributed by atoms with Gasteiger partial charge in [0.15, 0.2) is 0 Å². The highest BCUT2D eigenvalue weighted by Crippen LogP contribution is 2.20. The summed E-state index contributed by atoms with van der Waals surface area (Å²) in [5.41, 5.74) is 0.938. The summed E-state index contributed by atoms with van der Waals surface area (Å²) in [5.74, 6) is 0.348. The fourth-order valence-electron chi connectivity index (χ4n) is 4.17. The van der Waals surface area contributed by atoms with Crippen molar-refractivity contribution in [3.8, 4) is 6.07 Å². The number of aromatic nitrogens is 2. The molecule has 4 rings (SSSR count). The Morgan fingerprint density at radius 1 is 1.12 bits per heavy atom. The molecule has 2 aromatic carbocycles. The van der Waals surface area contributed by atoms with Crippen molar-refractivity contribution in [1.29, 1.82) is 5.26 Å². The van der Waals surface area contributed by atoms with Crippen molar-refractivity contribution < 1.29 is 4.79 Å². The van der Waals surface area contributed by atoms with Crippen molar-refractivity contribution in [2.75, 3.05) is 18.0 Å². The van der Waals surface area contributed by atoms with Gasteiger partial charge in [-0.2, -0.15) is 5.26 Å². The second-order valence-electron chi connectivity index (χ2n) is 8.16. The molecule has 2 heterocycles. The Balaban J connectivity index is 1.64. The highest BCUT2D eigenvalue weighted by Gasteiger charge is 2.25. The molecular formula is C25H25N5O3. The number of benzene rings is 2. The SMILES string of the molecule is Cn1c(=O)cc(N2CCC[C@@H](NC(=O)c3ccccc3)C2)n(Cc2ccccc2C#N)c1=O. The van der Waals surface area contributed by atoms with Crippen LogP contribution in [0.5, 0.6) is 0 Å². The zero-order valence-electron chi connectivity index (χ0n) is 18.4. The second kappa shape index (κ2) is 9.57. The molecular weight excluding hydrogens is 418 g/mol. The molecule has 1 fully saturated rings. The molecule has 3 aromatic rings. The fraction of sp³-hybridized carbons (Fsp3) is 0.280. The van der Waals surface area contributed by atoms with E-state index in [4.69, 9.17) is 0 Å². The van der Waals surface area contributed by atoms with E-state index >= 15 is 0 Å². The molecule has 0 aliphatic carbocycles. The van der Waals surface area contributed by atoms with E-state index in [2.05, 4.69) is 11.4 Å². The largest absolute Gasteiger partial charge is 0.356 e. The summed E-state index contributed by atoms with van der Waals surface area (Å²) in [6.45, 7) is 1.30. The van der Waals surface area contributed by atoms with Crippen LogP contribution in [0.1, 0.15) is 34.3 Å². The predicted octanol–water partition coefficient (Wildman–Crippen LogP) is 1.87. The summed E-state index contributed by atoms with van der Waals surface area (Å²) in [5, 5.41) is 12.5. The minimum absolute atomic E-state index is 0.120. The first kappa shape index (κ1) is 22.1. The molecule has 1 amide bonds. The molecule has 1 saturated heterocycles. The zero-order valence-corrected chi connectivity index (χ0v) is 18.4. The monoisotopic (exact) mass is 443 g/mol. The third-order valence-electron chi connectivity index (χ3n) is 5.96. The van der Waals surface area contributed by atoms with E-state index in [9.17, 15) is 19.6 Å². The van der Waals surface area contributed by atoms with Gasteiger partial charge in [0.25, 0.3) is 11.5 Å². The Morgan fingerprint density at radius 3 is 2.61 bits per heavy atom. The first-order chi connectivity index (χ1) is 16.0. The molecule has 0 saturated carbocycles. The van der Waals surface area contributed by atoms with E-state index in [0.29, 0.717) is 35.6 Å². The van der Waals surface area contributed by atoms with E-state index in [-0.39, 0.29) is 18.5 Å². The van der Waals surface area contributed by atoms with Crippen LogP contribution in [0.4, 0.5) is 5.82 Å². The van der Waals surface area contributed by atoms with Gasteiger partial charge < -0.3 is 10.2 Å². The smallest absolute Gasteiger partial charge is 0.332 e. The van der Waals surface area contributed by atoms with Gasteiger partial charge in [-0.15, -0.1) is 0 Å². The van der Waals surface area contributed by atoms with Crippen molar-refractivity contribution in [1.82, 2.24) is 14.5 Å². The van der Waals surface area contributed by atoms with Crippen molar-refractivity contribution in [3.05, 3.63) is 98.2 Å². The standard InChI is InChI=1S/C25H25N5O3/c1-28-23(31)14-22(30(25(28)33)16-20-11-6-5-10-19(20)15-26)29-13-7-12-21(17-29)27-24(32)18-8-3-2-4-9-18/h2-6,8-11,14,21H,7,12-13,16-17H2,1H3,(H,27,32)/t21-/m1/s1. The summed E-state index contributed by atoms with van der Waals surface area (Å²) in [6, 6.07) is 19.6. The Hall–Kier alpha value is -4.12. The Bertz CT molecular complexity index is 1320. The van der Waals surface area contributed by atoms with Crippen LogP contribution in [0.3, 0.4) is 0 Å². The molecule has 1 aromatic heterocycles. The van der Waals surface area contributed by atoms with Crippen LogP contribution in [0.25, 0.3) is 0 Å². The maximum absolute atomic E-state index is 13.0. The third-order valence-corrected chi connectivity index (χ3v) is 5.96. The Kier molecular flexibility index (Phi) is 6.41. The van der Waals surface area contributed by atoms with Crippen molar-refractivity contribution >= 4 is 11.7 Å². The van der Waals surface area contributed by atoms with E-state index < -0.39 is 11.2 Å². The average Bonchev–Trinajstić information content (AvgIpc) is 2.85. The lowest BCUT2D eigenvalue weighted by Gasteiger charge is -2.35. The van der Waals surface area contributed by atoms with Crippen LogP contribution in [0.2, 0.25) is 0 Å². The van der Waals surface area contributed by atoms with Gasteiger partial charge in [-0.05, 0) is 36.6 Å². The molecule has 0 spiro atoms. The quantitative estimate of drug-likeness (QED) is 0.649. The summed E-state index contributed by atoms with van der Waals surface area (Å²) in [7, 11) is 1.44. The van der Waals surface area contributed by atoms with Crippen molar-refractivity contribution in [3.63, 3.8) is 0 Å². The van der Waals surface area contributed by atoms with Gasteiger partial charge in [0, 0.05) is 37.8 Å². The number of nitrogens with one attached hydrogen (secondary N) is 1. The van der Waals surface area contributed by atoms with Gasteiger partial charge in [-0.3, -0.25) is 18.7 Å². The molecule has 8 heteroatoms. The van der Waals surface area contributed by atoms with Crippen LogP contribution in [-0.2, 0) is 13.6 Å². The maximum Gasteiger partial charge on any atom is 0.332 e. The number of carbonyl (C=O) groups is 1. The van der Waals surface area contributed by atoms with E-state index in [0.717, 1.165) is 17.4 Å². The first-order valence-electron chi connectivity index (χ1n) is 10.9. The lowest BCUT2D eigenvalue weighted by molar-refractivity contribution is 0.0933. The van der Waals surface area contributed by atoms with Gasteiger partial charge in [0.2, 0.25) is 0 Å². The molecule has 168 valence electrons. The van der Waals surface area contributed by atoms with Gasteiger partial charge in [0.1, 0.15) is 5.82 Å². The van der Waals surface area contributed by atoms with Gasteiger partial charge in [-0.25, -0.2) is 4.79 Å². The zero-order chi connectivity index (χ0) is 23.4. The molecule has 8 nitrogen and oxygen atoms in total. The molecule has 0 unspecified atom stereocenters. The van der Waals surface area contributed by atoms with Crippen LogP contribution in [-0.4, -0.2) is 34.2 Å². The van der Waals surface area contributed by atoms with Gasteiger partial charge in [-0.1, -0.05) is 36.4 Å². The minimum Gasteiger partial charge on any atom is -0.356 e. The number of nitriles is 1. The summed E-state index contributed by atoms with van der Waals surface area (Å²) in [4.78, 5) is 40.1. The Labute approximate surface area is 191 Å². The topological polar surface area (TPSA) is 100 Å². The molecule has 1 aliphatic heterocycles. The number of amides is 1. The van der Waals surface area contributed by atoms with Crippen molar-refractivity contribution in [2.45, 2.75) is 25.4 Å². The van der Waals surface area contributed by atoms with Gasteiger partial charge in [0.05, 0.1) is 18.2 Å². The number of hydrogen-bond acceptors (Lipinski definition) is 5. The van der Waals surface area contributed by atoms with E-state index in [1.54, 1.807) is 30.3 Å². The third kappa shape index (κ3) is 4.72. The lowest BCUT2D eigenvalue weighted by atomic mass is 10.0. The molecule has 33 heavy (non-hydrogen) atoms. The summed E-state index contributed by atoms with van der Waals surface area (Å²) >= 11 is 0. The van der Waals surface area contributed by atoms with Crippen LogP contribution in [0.15, 0.2) is 70.3 Å². The number of carbonyl (C=O) groups excluding carboxylic acids is 1. The normalized spacial score (nSPS) is 15.6. The highest BCUT2D eigenvalue weighted by molar-refractivity contribution is 5.94. The van der Waals surface area contributed by atoms with Crippen LogP contribution >= 0.6 is 0 Å². The van der Waals surface area contributed by atoms with Crippen molar-refractivity contribution in [2.24, 2.45) is 7.05 Å². The molecule has 1 N–H and O–H groups in total. The second-order valence-corrected chi connectivity index (χ2v) is 8.16. The summed E-state index contributed by atoms with van der Waals surface area (Å²) in [6.07, 6.45) is 1.61. The molecule has 1 aliphatic rings. The number of rotatable bonds is 5. The fourth-order valence-corrected chi connectivity index (χ4v) is 4.17. The number of hydrogen-bond donors (Lipinski definition) is 1. The molecule has 0 bridgehead atoms. The number of nitrogens with zero attached hydrogens (tertiary/aromatic N) is 4. The van der Waals surface area contributed by atoms with E-state index in [1.165, 1.54) is 17.7 Å².